The molecule has 4 aliphatic rings. The minimum atomic E-state index is -1.38. The van der Waals surface area contributed by atoms with Crippen LogP contribution in [0.25, 0.3) is 0 Å². The van der Waals surface area contributed by atoms with E-state index in [9.17, 15) is 19.8 Å². The Morgan fingerprint density at radius 1 is 1.15 bits per heavy atom. The van der Waals surface area contributed by atoms with E-state index >= 15 is 0 Å². The summed E-state index contributed by atoms with van der Waals surface area (Å²) in [7, 11) is 0. The normalized spacial score (nSPS) is 42.0. The predicted molar refractivity (Wildman–Crippen MR) is 127 cm³/mol. The Labute approximate surface area is 201 Å². The number of aliphatic carboxylic acids is 1. The highest BCUT2D eigenvalue weighted by Crippen LogP contribution is 2.67. The second-order valence-corrected chi connectivity index (χ2v) is 11.8. The van der Waals surface area contributed by atoms with E-state index in [2.05, 4.69) is 30.4 Å². The van der Waals surface area contributed by atoms with Gasteiger partial charge in [-0.3, -0.25) is 4.79 Å². The van der Waals surface area contributed by atoms with Gasteiger partial charge in [-0.2, -0.15) is 0 Å². The SMILES string of the molecule is C[C@@H](O)[C@H](NC(=O)CO/N=C1/C=C2CC[C@@H]3[C@H](CC[C@@]4(C)[C@H]3CC[C@]4(C)O)[C@@]2(C)CC1)C(=O)O. The molecule has 0 aromatic carbocycles. The zero-order chi connectivity index (χ0) is 24.9. The molecule has 4 N–H and O–H groups in total. The van der Waals surface area contributed by atoms with Crippen LogP contribution in [0.15, 0.2) is 16.8 Å². The second-order valence-electron chi connectivity index (χ2n) is 11.8. The Hall–Kier alpha value is -1.93. The topological polar surface area (TPSA) is 128 Å². The van der Waals surface area contributed by atoms with Crippen molar-refractivity contribution in [3.63, 3.8) is 0 Å². The third kappa shape index (κ3) is 4.17. The van der Waals surface area contributed by atoms with Gasteiger partial charge >= 0.3 is 5.97 Å². The van der Waals surface area contributed by atoms with Crippen molar-refractivity contribution in [3.05, 3.63) is 11.6 Å². The van der Waals surface area contributed by atoms with Gasteiger partial charge in [0.05, 0.1) is 17.4 Å². The largest absolute Gasteiger partial charge is 0.480 e. The Morgan fingerprint density at radius 3 is 2.53 bits per heavy atom. The maximum absolute atomic E-state index is 12.0. The zero-order valence-electron chi connectivity index (χ0n) is 20.8. The molecule has 0 saturated heterocycles. The molecule has 0 aromatic heterocycles. The third-order valence-corrected chi connectivity index (χ3v) is 9.98. The number of hydrogen-bond donors (Lipinski definition) is 4. The van der Waals surface area contributed by atoms with Crippen LogP contribution in [0, 0.1) is 28.6 Å². The quantitative estimate of drug-likeness (QED) is 0.436. The van der Waals surface area contributed by atoms with Crippen LogP contribution in [0.4, 0.5) is 0 Å². The number of oxime groups is 1. The van der Waals surface area contributed by atoms with E-state index in [0.717, 1.165) is 57.1 Å². The van der Waals surface area contributed by atoms with E-state index in [1.165, 1.54) is 12.5 Å². The van der Waals surface area contributed by atoms with Crippen LogP contribution in [-0.2, 0) is 14.4 Å². The van der Waals surface area contributed by atoms with Gasteiger partial charge < -0.3 is 25.5 Å². The van der Waals surface area contributed by atoms with Crippen molar-refractivity contribution in [2.75, 3.05) is 6.61 Å². The molecular weight excluding hydrogens is 436 g/mol. The first-order chi connectivity index (χ1) is 15.9. The number of carboxylic acids is 1. The highest BCUT2D eigenvalue weighted by atomic mass is 16.6. The number of aliphatic hydroxyl groups is 2. The number of hydrogen-bond acceptors (Lipinski definition) is 6. The van der Waals surface area contributed by atoms with Crippen LogP contribution in [0.5, 0.6) is 0 Å². The van der Waals surface area contributed by atoms with Crippen molar-refractivity contribution in [1.29, 1.82) is 0 Å². The summed E-state index contributed by atoms with van der Waals surface area (Å²) in [4.78, 5) is 28.3. The molecule has 190 valence electrons. The van der Waals surface area contributed by atoms with Crippen LogP contribution in [-0.4, -0.2) is 57.3 Å². The Morgan fingerprint density at radius 2 is 1.85 bits per heavy atom. The molecule has 8 heteroatoms. The summed E-state index contributed by atoms with van der Waals surface area (Å²) in [6.07, 6.45) is 9.14. The summed E-state index contributed by atoms with van der Waals surface area (Å²) in [5.74, 6) is -0.0617. The summed E-state index contributed by atoms with van der Waals surface area (Å²) in [6, 6.07) is -1.38. The van der Waals surface area contributed by atoms with Crippen molar-refractivity contribution in [3.8, 4) is 0 Å². The van der Waals surface area contributed by atoms with Crippen LogP contribution in [0.1, 0.15) is 79.1 Å². The standard InChI is InChI=1S/C26H40N2O6/c1-15(29)22(23(31)32)27-21(30)14-34-28-17-7-10-24(2)16(13-17)5-6-18-19(24)8-11-25(3)20(18)9-12-26(25,4)33/h13,15,18-20,22,29,33H,5-12,14H2,1-4H3,(H,27,30)(H,31,32)/b28-17+/t15-,18-,19+,20+,22+,24+,25+,26+/m1/s1. The number of carbonyl (C=O) groups is 2. The number of rotatable bonds is 6. The molecule has 34 heavy (non-hydrogen) atoms. The molecular formula is C26H40N2O6. The van der Waals surface area contributed by atoms with E-state index < -0.39 is 36.2 Å². The molecule has 0 aliphatic heterocycles. The van der Waals surface area contributed by atoms with Gasteiger partial charge in [-0.25, -0.2) is 4.79 Å². The van der Waals surface area contributed by atoms with Crippen LogP contribution in [0.3, 0.4) is 0 Å². The number of allylic oxidation sites excluding steroid dienone is 2. The molecule has 4 rings (SSSR count). The fourth-order valence-corrected chi connectivity index (χ4v) is 7.66. The summed E-state index contributed by atoms with van der Waals surface area (Å²) in [6.45, 7) is 7.67. The Kier molecular flexibility index (Phi) is 6.62. The number of amides is 1. The van der Waals surface area contributed by atoms with Gasteiger partial charge in [0.25, 0.3) is 5.91 Å². The van der Waals surface area contributed by atoms with Crippen molar-refractivity contribution in [2.24, 2.45) is 33.7 Å². The number of aliphatic hydroxyl groups excluding tert-OH is 1. The smallest absolute Gasteiger partial charge is 0.328 e. The molecule has 8 atom stereocenters. The van der Waals surface area contributed by atoms with Crippen LogP contribution < -0.4 is 5.32 Å². The monoisotopic (exact) mass is 476 g/mol. The average molecular weight is 477 g/mol. The van der Waals surface area contributed by atoms with E-state index in [0.29, 0.717) is 17.8 Å². The number of carbonyl (C=O) groups excluding carboxylic acids is 1. The maximum Gasteiger partial charge on any atom is 0.328 e. The molecule has 0 heterocycles. The fraction of sp³-hybridized carbons (Fsp3) is 0.808. The van der Waals surface area contributed by atoms with E-state index in [1.54, 1.807) is 0 Å². The molecule has 0 bridgehead atoms. The predicted octanol–water partition coefficient (Wildman–Crippen LogP) is 3.02. The lowest BCUT2D eigenvalue weighted by Gasteiger charge is -2.59. The average Bonchev–Trinajstić information content (AvgIpc) is 3.00. The number of fused-ring (bicyclic) bond motifs is 5. The first-order valence-corrected chi connectivity index (χ1v) is 12.7. The molecule has 4 aliphatic carbocycles. The van der Waals surface area contributed by atoms with Crippen molar-refractivity contribution < 1.29 is 29.7 Å². The lowest BCUT2D eigenvalue weighted by atomic mass is 9.46. The van der Waals surface area contributed by atoms with Gasteiger partial charge in [0.15, 0.2) is 12.6 Å². The van der Waals surface area contributed by atoms with Crippen molar-refractivity contribution in [1.82, 2.24) is 5.32 Å². The van der Waals surface area contributed by atoms with Gasteiger partial charge in [0.1, 0.15) is 0 Å². The third-order valence-electron chi connectivity index (χ3n) is 9.98. The lowest BCUT2D eigenvalue weighted by Crippen LogP contribution is -2.53. The minimum absolute atomic E-state index is 0.0227. The summed E-state index contributed by atoms with van der Waals surface area (Å²) in [5.41, 5.74) is 1.83. The molecule has 3 saturated carbocycles. The van der Waals surface area contributed by atoms with E-state index in [4.69, 9.17) is 9.94 Å². The van der Waals surface area contributed by atoms with Gasteiger partial charge in [-0.15, -0.1) is 0 Å². The Balaban J connectivity index is 1.40. The molecule has 0 unspecified atom stereocenters. The molecule has 8 nitrogen and oxygen atoms in total. The van der Waals surface area contributed by atoms with Gasteiger partial charge in [-0.1, -0.05) is 24.6 Å². The van der Waals surface area contributed by atoms with Gasteiger partial charge in [0, 0.05) is 0 Å². The Bertz CT molecular complexity index is 896. The zero-order valence-corrected chi connectivity index (χ0v) is 20.8. The maximum atomic E-state index is 12.0. The van der Waals surface area contributed by atoms with E-state index in [-0.39, 0.29) is 10.8 Å². The molecule has 3 fully saturated rings. The highest BCUT2D eigenvalue weighted by Gasteiger charge is 2.62. The van der Waals surface area contributed by atoms with Crippen molar-refractivity contribution >= 4 is 17.6 Å². The van der Waals surface area contributed by atoms with E-state index in [1.807, 2.05) is 6.92 Å². The van der Waals surface area contributed by atoms with Crippen LogP contribution in [0.2, 0.25) is 0 Å². The minimum Gasteiger partial charge on any atom is -0.480 e. The molecule has 0 radical (unpaired) electrons. The number of carboxylic acid groups (broad SMARTS) is 1. The fourth-order valence-electron chi connectivity index (χ4n) is 7.66. The molecule has 1 amide bonds. The molecule has 0 spiro atoms. The van der Waals surface area contributed by atoms with Gasteiger partial charge in [0.2, 0.25) is 0 Å². The lowest BCUT2D eigenvalue weighted by molar-refractivity contribution is -0.145. The summed E-state index contributed by atoms with van der Waals surface area (Å²) < 4.78 is 0. The van der Waals surface area contributed by atoms with Crippen LogP contribution >= 0.6 is 0 Å². The highest BCUT2D eigenvalue weighted by molar-refractivity contribution is 5.96. The van der Waals surface area contributed by atoms with Crippen molar-refractivity contribution in [2.45, 2.75) is 96.8 Å². The first kappa shape index (κ1) is 25.2. The molecule has 0 aromatic rings. The first-order valence-electron chi connectivity index (χ1n) is 12.7. The number of nitrogens with one attached hydrogen (secondary N) is 1. The summed E-state index contributed by atoms with van der Waals surface area (Å²) >= 11 is 0. The number of nitrogens with zero attached hydrogens (tertiary/aromatic N) is 1. The summed E-state index contributed by atoms with van der Waals surface area (Å²) in [5, 5.41) is 36.0. The second kappa shape index (κ2) is 8.94. The van der Waals surface area contributed by atoms with Gasteiger partial charge in [-0.05, 0) is 99.9 Å².